The van der Waals surface area contributed by atoms with E-state index in [4.69, 9.17) is 0 Å². The topological polar surface area (TPSA) is 6.48 Å². The second kappa shape index (κ2) is 15.8. The van der Waals surface area contributed by atoms with Gasteiger partial charge in [0.1, 0.15) is 0 Å². The molecule has 2 heterocycles. The van der Waals surface area contributed by atoms with Crippen LogP contribution in [0.4, 0.5) is 34.1 Å². The van der Waals surface area contributed by atoms with Crippen molar-refractivity contribution in [1.82, 2.24) is 0 Å². The number of hydrogen-bond acceptors (Lipinski definition) is 2. The van der Waals surface area contributed by atoms with Gasteiger partial charge in [-0.2, -0.15) is 0 Å². The van der Waals surface area contributed by atoms with Gasteiger partial charge < -0.3 is 9.80 Å². The van der Waals surface area contributed by atoms with E-state index >= 15 is 0 Å². The summed E-state index contributed by atoms with van der Waals surface area (Å²) in [4.78, 5) is 4.97. The Morgan fingerprint density at radius 2 is 0.500 bits per heavy atom. The maximum atomic E-state index is 2.49. The van der Waals surface area contributed by atoms with Gasteiger partial charge in [-0.25, -0.2) is 0 Å². The first-order valence-corrected chi connectivity index (χ1v) is 23.0. The monoisotopic (exact) mass is 844 g/mol. The molecular formula is C64H48N2. The van der Waals surface area contributed by atoms with Crippen LogP contribution in [0.2, 0.25) is 0 Å². The summed E-state index contributed by atoms with van der Waals surface area (Å²) < 4.78 is 0. The molecule has 0 unspecified atom stereocenters. The van der Waals surface area contributed by atoms with E-state index in [1.165, 1.54) is 89.5 Å². The summed E-state index contributed by atoms with van der Waals surface area (Å²) >= 11 is 0. The Morgan fingerprint density at radius 1 is 0.258 bits per heavy atom. The number of rotatable bonds is 7. The Bertz CT molecular complexity index is 2990. The van der Waals surface area contributed by atoms with Gasteiger partial charge in [0, 0.05) is 11.4 Å². The minimum absolute atomic E-state index is 0.524. The third-order valence-electron chi connectivity index (χ3n) is 14.3. The molecular weight excluding hydrogens is 797 g/mol. The largest absolute Gasteiger partial charge is 0.310 e. The molecule has 0 atom stereocenters. The molecule has 10 aromatic rings. The Morgan fingerprint density at radius 3 is 0.773 bits per heavy atom. The predicted octanol–water partition coefficient (Wildman–Crippen LogP) is 16.3. The smallest absolute Gasteiger partial charge is 0.0742 e. The minimum Gasteiger partial charge on any atom is -0.310 e. The van der Waals surface area contributed by atoms with Gasteiger partial charge in [0.2, 0.25) is 0 Å². The number of anilines is 6. The van der Waals surface area contributed by atoms with Crippen LogP contribution in [0, 0.1) is 13.8 Å². The molecule has 0 amide bonds. The lowest BCUT2D eigenvalue weighted by molar-refractivity contribution is 0.731. The molecule has 0 fully saturated rings. The van der Waals surface area contributed by atoms with Crippen LogP contribution < -0.4 is 9.80 Å². The fraction of sp³-hybridized carbons (Fsp3) is 0.0625. The van der Waals surface area contributed by atoms with E-state index in [1.54, 1.807) is 0 Å². The fourth-order valence-electron chi connectivity index (χ4n) is 11.5. The zero-order chi connectivity index (χ0) is 44.2. The molecule has 0 N–H and O–H groups in total. The van der Waals surface area contributed by atoms with Crippen LogP contribution in [-0.4, -0.2) is 0 Å². The number of benzene rings is 10. The van der Waals surface area contributed by atoms with Crippen molar-refractivity contribution >= 4 is 34.1 Å². The Labute approximate surface area is 388 Å². The van der Waals surface area contributed by atoms with Crippen molar-refractivity contribution in [2.75, 3.05) is 9.80 Å². The maximum Gasteiger partial charge on any atom is 0.0742 e. The normalized spacial score (nSPS) is 14.1. The second-order valence-electron chi connectivity index (χ2n) is 17.7. The third kappa shape index (κ3) is 5.81. The van der Waals surface area contributed by atoms with Gasteiger partial charge in [-0.05, 0) is 129 Å². The number of aryl methyl sites for hydroxylation is 2. The Kier molecular flexibility index (Phi) is 9.43. The standard InChI is InChI=1S/C64H48N2/c1-45-39-41-51(65-59-35-19-15-31-55(59)63(47-23-7-3-8-24-47,48-25-9-4-10-26-48)56-32-16-20-36-60(56)65)43-53(45)54-44-52(42-40-46(54)2)66-61-37-21-17-33-57(61)64(49-27-11-5-12-28-49,50-29-13-6-14-30-50)58-34-18-22-38-62(58)66/h3-44H,1-2H3. The zero-order valence-electron chi connectivity index (χ0n) is 37.1. The van der Waals surface area contributed by atoms with E-state index in [2.05, 4.69) is 278 Å². The van der Waals surface area contributed by atoms with Crippen LogP contribution in [0.15, 0.2) is 255 Å². The first kappa shape index (κ1) is 39.4. The van der Waals surface area contributed by atoms with Crippen molar-refractivity contribution < 1.29 is 0 Å². The highest BCUT2D eigenvalue weighted by Gasteiger charge is 2.48. The lowest BCUT2D eigenvalue weighted by Crippen LogP contribution is -2.37. The number of hydrogen-bond donors (Lipinski definition) is 0. The molecule has 2 aliphatic rings. The van der Waals surface area contributed by atoms with Crippen molar-refractivity contribution in [2.45, 2.75) is 24.7 Å². The van der Waals surface area contributed by atoms with Crippen molar-refractivity contribution in [3.05, 3.63) is 310 Å². The van der Waals surface area contributed by atoms with E-state index in [-0.39, 0.29) is 0 Å². The van der Waals surface area contributed by atoms with Crippen molar-refractivity contribution in [3.8, 4) is 11.1 Å². The molecule has 2 heteroatoms. The van der Waals surface area contributed by atoms with Gasteiger partial charge in [0.25, 0.3) is 0 Å². The maximum absolute atomic E-state index is 2.49. The summed E-state index contributed by atoms with van der Waals surface area (Å²) in [6.07, 6.45) is 0. The fourth-order valence-corrected chi connectivity index (χ4v) is 11.5. The van der Waals surface area contributed by atoms with Crippen LogP contribution in [-0.2, 0) is 10.8 Å². The van der Waals surface area contributed by atoms with Gasteiger partial charge in [0.15, 0.2) is 0 Å². The summed E-state index contributed by atoms with van der Waals surface area (Å²) in [6, 6.07) is 94.2. The van der Waals surface area contributed by atoms with Gasteiger partial charge in [0.05, 0.1) is 33.6 Å². The van der Waals surface area contributed by atoms with E-state index in [0.29, 0.717) is 0 Å². The summed E-state index contributed by atoms with van der Waals surface area (Å²) in [6.45, 7) is 4.50. The highest BCUT2D eigenvalue weighted by molar-refractivity contribution is 5.93. The van der Waals surface area contributed by atoms with Crippen LogP contribution >= 0.6 is 0 Å². The quantitative estimate of drug-likeness (QED) is 0.158. The van der Waals surface area contributed by atoms with Crippen molar-refractivity contribution in [3.63, 3.8) is 0 Å². The molecule has 0 radical (unpaired) electrons. The lowest BCUT2D eigenvalue weighted by Gasteiger charge is -2.46. The first-order chi connectivity index (χ1) is 32.6. The SMILES string of the molecule is Cc1ccc(N2c3ccccc3C(c3ccccc3)(c3ccccc3)c3ccccc32)cc1-c1cc(N2c3ccccc3C(c3ccccc3)(c3ccccc3)c3ccccc32)ccc1C. The van der Waals surface area contributed by atoms with Crippen LogP contribution in [0.25, 0.3) is 11.1 Å². The van der Waals surface area contributed by atoms with Gasteiger partial charge in [-0.3, -0.25) is 0 Å². The molecule has 0 spiro atoms. The summed E-state index contributed by atoms with van der Waals surface area (Å²) in [5.74, 6) is 0. The Hall–Kier alpha value is -8.20. The minimum atomic E-state index is -0.524. The lowest BCUT2D eigenvalue weighted by atomic mass is 9.62. The third-order valence-corrected chi connectivity index (χ3v) is 14.3. The molecule has 0 saturated carbocycles. The molecule has 314 valence electrons. The van der Waals surface area contributed by atoms with Crippen molar-refractivity contribution in [1.29, 1.82) is 0 Å². The molecule has 2 aliphatic heterocycles. The average molecular weight is 845 g/mol. The molecule has 12 rings (SSSR count). The van der Waals surface area contributed by atoms with Gasteiger partial charge >= 0.3 is 0 Å². The molecule has 66 heavy (non-hydrogen) atoms. The summed E-state index contributed by atoms with van der Waals surface area (Å²) in [5.41, 5.74) is 20.8. The van der Waals surface area contributed by atoms with Crippen LogP contribution in [0.5, 0.6) is 0 Å². The van der Waals surface area contributed by atoms with E-state index in [0.717, 1.165) is 11.4 Å². The molecule has 0 bridgehead atoms. The number of para-hydroxylation sites is 4. The molecule has 2 nitrogen and oxygen atoms in total. The molecule has 0 aromatic heterocycles. The highest BCUT2D eigenvalue weighted by Crippen LogP contribution is 2.60. The molecule has 0 aliphatic carbocycles. The molecule has 0 saturated heterocycles. The number of nitrogens with zero attached hydrogens (tertiary/aromatic N) is 2. The van der Waals surface area contributed by atoms with Crippen LogP contribution in [0.3, 0.4) is 0 Å². The molecule has 10 aromatic carbocycles. The van der Waals surface area contributed by atoms with Crippen LogP contribution in [0.1, 0.15) is 55.6 Å². The highest BCUT2D eigenvalue weighted by atomic mass is 15.2. The summed E-state index contributed by atoms with van der Waals surface area (Å²) in [5, 5.41) is 0. The average Bonchev–Trinajstić information content (AvgIpc) is 3.39. The second-order valence-corrected chi connectivity index (χ2v) is 17.7. The van der Waals surface area contributed by atoms with E-state index < -0.39 is 10.8 Å². The van der Waals surface area contributed by atoms with E-state index in [9.17, 15) is 0 Å². The van der Waals surface area contributed by atoms with Crippen molar-refractivity contribution in [2.24, 2.45) is 0 Å². The summed E-state index contributed by atoms with van der Waals surface area (Å²) in [7, 11) is 0. The van der Waals surface area contributed by atoms with E-state index in [1.807, 2.05) is 0 Å². The first-order valence-electron chi connectivity index (χ1n) is 23.0. The number of fused-ring (bicyclic) bond motifs is 4. The zero-order valence-corrected chi connectivity index (χ0v) is 37.1. The van der Waals surface area contributed by atoms with Gasteiger partial charge in [-0.15, -0.1) is 0 Å². The predicted molar refractivity (Wildman–Crippen MR) is 274 cm³/mol. The Balaban J connectivity index is 1.04. The van der Waals surface area contributed by atoms with Gasteiger partial charge in [-0.1, -0.05) is 206 Å².